The van der Waals surface area contributed by atoms with Gasteiger partial charge in [0.15, 0.2) is 0 Å². The summed E-state index contributed by atoms with van der Waals surface area (Å²) >= 11 is 0. The highest BCUT2D eigenvalue weighted by atomic mass is 16.5. The molecule has 7 heavy (non-hydrogen) atoms. The molecule has 0 N–H and O–H groups in total. The second-order valence-electron chi connectivity index (χ2n) is 1.98. The molecule has 0 aliphatic carbocycles. The van der Waals surface area contributed by atoms with Crippen molar-refractivity contribution in [3.05, 3.63) is 0 Å². The van der Waals surface area contributed by atoms with E-state index in [0.717, 1.165) is 12.8 Å². The van der Waals surface area contributed by atoms with Gasteiger partial charge in [-0.25, -0.2) is 0 Å². The van der Waals surface area contributed by atoms with Gasteiger partial charge in [-0.1, -0.05) is 11.8 Å². The van der Waals surface area contributed by atoms with E-state index in [0.29, 0.717) is 12.2 Å². The standard InChI is InChI=1S/C6H6O/c1-2-6-4-3-5(1)7-6/h5-6H,1-2H2. The minimum atomic E-state index is 0.310. The van der Waals surface area contributed by atoms with Crippen LogP contribution in [0.25, 0.3) is 0 Å². The molecule has 2 aliphatic heterocycles. The molecule has 2 heterocycles. The lowest BCUT2D eigenvalue weighted by molar-refractivity contribution is 0.125. The SMILES string of the molecule is C1#CC2CCC1O2. The van der Waals surface area contributed by atoms with Crippen molar-refractivity contribution in [2.75, 3.05) is 0 Å². The predicted molar refractivity (Wildman–Crippen MR) is 25.7 cm³/mol. The van der Waals surface area contributed by atoms with Gasteiger partial charge in [0.05, 0.1) is 0 Å². The summed E-state index contributed by atoms with van der Waals surface area (Å²) in [5.74, 6) is 5.97. The average molecular weight is 94.1 g/mol. The highest BCUT2D eigenvalue weighted by Crippen LogP contribution is 2.22. The van der Waals surface area contributed by atoms with E-state index in [1.807, 2.05) is 0 Å². The molecule has 2 aliphatic rings. The fourth-order valence-electron chi connectivity index (χ4n) is 1.04. The van der Waals surface area contributed by atoms with Crippen LogP contribution in [0.2, 0.25) is 0 Å². The summed E-state index contributed by atoms with van der Waals surface area (Å²) in [5.41, 5.74) is 0. The van der Waals surface area contributed by atoms with Gasteiger partial charge in [-0.3, -0.25) is 0 Å². The molecule has 1 saturated heterocycles. The van der Waals surface area contributed by atoms with E-state index in [1.54, 1.807) is 0 Å². The number of hydrogen-bond donors (Lipinski definition) is 0. The summed E-state index contributed by atoms with van der Waals surface area (Å²) in [6, 6.07) is 0. The highest BCUT2D eigenvalue weighted by Gasteiger charge is 2.26. The Balaban J connectivity index is 2.33. The van der Waals surface area contributed by atoms with Crippen LogP contribution in [0.1, 0.15) is 12.8 Å². The molecule has 36 valence electrons. The molecule has 2 bridgehead atoms. The molecule has 1 nitrogen and oxygen atoms in total. The largest absolute Gasteiger partial charge is 0.350 e. The Labute approximate surface area is 42.7 Å². The van der Waals surface area contributed by atoms with Gasteiger partial charge < -0.3 is 4.74 Å². The smallest absolute Gasteiger partial charge is 0.120 e. The van der Waals surface area contributed by atoms with Gasteiger partial charge in [0.1, 0.15) is 12.2 Å². The monoisotopic (exact) mass is 94.0 g/mol. The van der Waals surface area contributed by atoms with E-state index in [1.165, 1.54) is 0 Å². The third kappa shape index (κ3) is 0.374. The molecule has 1 heteroatoms. The van der Waals surface area contributed by atoms with Gasteiger partial charge in [0.2, 0.25) is 0 Å². The first-order chi connectivity index (χ1) is 3.45. The number of rotatable bonds is 0. The number of ether oxygens (including phenoxy) is 1. The molecule has 0 radical (unpaired) electrons. The van der Waals surface area contributed by atoms with Crippen molar-refractivity contribution < 1.29 is 4.74 Å². The molecule has 2 atom stereocenters. The molecular weight excluding hydrogens is 88.1 g/mol. The first-order valence-electron chi connectivity index (χ1n) is 2.62. The summed E-state index contributed by atoms with van der Waals surface area (Å²) in [6.45, 7) is 0. The van der Waals surface area contributed by atoms with Crippen LogP contribution >= 0.6 is 0 Å². The molecule has 0 amide bonds. The normalized spacial score (nSPS) is 43.4. The zero-order chi connectivity index (χ0) is 4.69. The Morgan fingerprint density at radius 1 is 1.14 bits per heavy atom. The molecule has 0 spiro atoms. The maximum Gasteiger partial charge on any atom is 0.120 e. The molecule has 2 rings (SSSR count). The van der Waals surface area contributed by atoms with E-state index < -0.39 is 0 Å². The Morgan fingerprint density at radius 2 is 1.71 bits per heavy atom. The van der Waals surface area contributed by atoms with Crippen LogP contribution in [-0.2, 0) is 4.74 Å². The quantitative estimate of drug-likeness (QED) is 0.398. The summed E-state index contributed by atoms with van der Waals surface area (Å²) in [7, 11) is 0. The molecule has 2 unspecified atom stereocenters. The molecule has 0 aromatic carbocycles. The number of fused-ring (bicyclic) bond motifs is 2. The van der Waals surface area contributed by atoms with Gasteiger partial charge in [0, 0.05) is 0 Å². The molecule has 0 aromatic rings. The maximum atomic E-state index is 5.25. The predicted octanol–water partition coefficient (Wildman–Crippen LogP) is 0.551. The molecule has 1 fully saturated rings. The lowest BCUT2D eigenvalue weighted by Gasteiger charge is -1.91. The van der Waals surface area contributed by atoms with Crippen molar-refractivity contribution in [1.29, 1.82) is 0 Å². The van der Waals surface area contributed by atoms with Crippen LogP contribution < -0.4 is 0 Å². The zero-order valence-corrected chi connectivity index (χ0v) is 3.98. The summed E-state index contributed by atoms with van der Waals surface area (Å²) in [6.07, 6.45) is 2.95. The van der Waals surface area contributed by atoms with Crippen molar-refractivity contribution >= 4 is 0 Å². The average Bonchev–Trinajstić information content (AvgIpc) is 2.22. The van der Waals surface area contributed by atoms with Gasteiger partial charge in [-0.2, -0.15) is 0 Å². The lowest BCUT2D eigenvalue weighted by atomic mass is 10.1. The minimum Gasteiger partial charge on any atom is -0.350 e. The van der Waals surface area contributed by atoms with Gasteiger partial charge in [-0.05, 0) is 12.8 Å². The second kappa shape index (κ2) is 1.02. The van der Waals surface area contributed by atoms with E-state index >= 15 is 0 Å². The fourth-order valence-corrected chi connectivity index (χ4v) is 1.04. The van der Waals surface area contributed by atoms with Gasteiger partial charge in [0.25, 0.3) is 0 Å². The van der Waals surface area contributed by atoms with Crippen molar-refractivity contribution in [2.24, 2.45) is 0 Å². The van der Waals surface area contributed by atoms with Crippen LogP contribution in [0, 0.1) is 11.8 Å². The van der Waals surface area contributed by atoms with Crippen LogP contribution in [0.4, 0.5) is 0 Å². The van der Waals surface area contributed by atoms with E-state index in [9.17, 15) is 0 Å². The van der Waals surface area contributed by atoms with E-state index in [4.69, 9.17) is 4.74 Å². The Bertz CT molecular complexity index is 126. The third-order valence-corrected chi connectivity index (χ3v) is 1.42. The number of hydrogen-bond acceptors (Lipinski definition) is 1. The van der Waals surface area contributed by atoms with Gasteiger partial charge in [-0.15, -0.1) is 0 Å². The minimum absolute atomic E-state index is 0.310. The summed E-state index contributed by atoms with van der Waals surface area (Å²) < 4.78 is 5.25. The van der Waals surface area contributed by atoms with Crippen LogP contribution in [-0.4, -0.2) is 12.2 Å². The molecule has 0 aromatic heterocycles. The van der Waals surface area contributed by atoms with Crippen molar-refractivity contribution in [2.45, 2.75) is 25.0 Å². The van der Waals surface area contributed by atoms with Crippen molar-refractivity contribution in [3.8, 4) is 11.8 Å². The fraction of sp³-hybridized carbons (Fsp3) is 0.667. The van der Waals surface area contributed by atoms with Crippen LogP contribution in [0.3, 0.4) is 0 Å². The van der Waals surface area contributed by atoms with Crippen LogP contribution in [0.15, 0.2) is 0 Å². The van der Waals surface area contributed by atoms with Crippen LogP contribution in [0.5, 0.6) is 0 Å². The maximum absolute atomic E-state index is 5.25. The first kappa shape index (κ1) is 3.51. The van der Waals surface area contributed by atoms with E-state index in [2.05, 4.69) is 11.8 Å². The topological polar surface area (TPSA) is 9.23 Å². The first-order valence-corrected chi connectivity index (χ1v) is 2.62. The summed E-state index contributed by atoms with van der Waals surface area (Å²) in [4.78, 5) is 0. The molecular formula is C6H6O. The van der Waals surface area contributed by atoms with Gasteiger partial charge >= 0.3 is 0 Å². The van der Waals surface area contributed by atoms with E-state index in [-0.39, 0.29) is 0 Å². The Morgan fingerprint density at radius 3 is 1.86 bits per heavy atom. The second-order valence-corrected chi connectivity index (χ2v) is 1.98. The van der Waals surface area contributed by atoms with Crippen molar-refractivity contribution in [3.63, 3.8) is 0 Å². The highest BCUT2D eigenvalue weighted by molar-refractivity contribution is 5.19. The third-order valence-electron chi connectivity index (χ3n) is 1.42. The zero-order valence-electron chi connectivity index (χ0n) is 3.98. The lowest BCUT2D eigenvalue weighted by Crippen LogP contribution is -1.97. The Hall–Kier alpha value is -0.480. The summed E-state index contributed by atoms with van der Waals surface area (Å²) in [5, 5.41) is 0. The molecule has 0 saturated carbocycles. The van der Waals surface area contributed by atoms with Crippen molar-refractivity contribution in [1.82, 2.24) is 0 Å². The Kier molecular flexibility index (Phi) is 0.511.